The SMILES string of the molecule is CC1(C)CC(=O)C(C(c2cc3c4c(c2)CCCN4CCC3)C2C(=O)CC(C)(C)CC2=O)C(=O)C1. The Kier molecular flexibility index (Phi) is 5.61. The molecule has 5 nitrogen and oxygen atoms in total. The number of hydrogen-bond donors (Lipinski definition) is 0. The Balaban J connectivity index is 1.64. The minimum atomic E-state index is -0.902. The van der Waals surface area contributed by atoms with Crippen molar-refractivity contribution in [2.24, 2.45) is 22.7 Å². The number of rotatable bonds is 3. The Morgan fingerprint density at radius 3 is 1.47 bits per heavy atom. The molecule has 1 aromatic carbocycles. The summed E-state index contributed by atoms with van der Waals surface area (Å²) in [4.78, 5) is 56.3. The molecule has 0 saturated heterocycles. The van der Waals surface area contributed by atoms with Gasteiger partial charge in [0.2, 0.25) is 0 Å². The molecule has 0 amide bonds. The van der Waals surface area contributed by atoms with Crippen LogP contribution in [0.5, 0.6) is 0 Å². The molecular weight excluding hydrogens is 426 g/mol. The topological polar surface area (TPSA) is 71.5 Å². The normalized spacial score (nSPS) is 25.1. The molecule has 34 heavy (non-hydrogen) atoms. The molecule has 2 heterocycles. The van der Waals surface area contributed by atoms with E-state index in [2.05, 4.69) is 17.0 Å². The summed E-state index contributed by atoms with van der Waals surface area (Å²) in [5.41, 5.74) is 3.91. The summed E-state index contributed by atoms with van der Waals surface area (Å²) < 4.78 is 0. The highest BCUT2D eigenvalue weighted by Gasteiger charge is 2.52. The molecule has 0 spiro atoms. The predicted octanol–water partition coefficient (Wildman–Crippen LogP) is 4.62. The summed E-state index contributed by atoms with van der Waals surface area (Å²) in [7, 11) is 0. The highest BCUT2D eigenvalue weighted by atomic mass is 16.2. The van der Waals surface area contributed by atoms with Crippen LogP contribution in [-0.4, -0.2) is 36.2 Å². The fourth-order valence-corrected chi connectivity index (χ4v) is 7.21. The van der Waals surface area contributed by atoms with Gasteiger partial charge in [0.1, 0.15) is 23.1 Å². The average Bonchev–Trinajstić information content (AvgIpc) is 2.70. The van der Waals surface area contributed by atoms with E-state index in [-0.39, 0.29) is 34.0 Å². The second-order valence-electron chi connectivity index (χ2n) is 12.8. The van der Waals surface area contributed by atoms with Gasteiger partial charge in [0.05, 0.1) is 11.8 Å². The van der Waals surface area contributed by atoms with E-state index in [4.69, 9.17) is 0 Å². The van der Waals surface area contributed by atoms with Crippen LogP contribution in [0.15, 0.2) is 12.1 Å². The van der Waals surface area contributed by atoms with Gasteiger partial charge < -0.3 is 4.90 Å². The van der Waals surface area contributed by atoms with Gasteiger partial charge in [-0.05, 0) is 53.2 Å². The first kappa shape index (κ1) is 23.4. The van der Waals surface area contributed by atoms with E-state index in [1.807, 2.05) is 27.7 Å². The third-order valence-electron chi connectivity index (χ3n) is 8.46. The van der Waals surface area contributed by atoms with Gasteiger partial charge >= 0.3 is 0 Å². The Hall–Kier alpha value is -2.30. The van der Waals surface area contributed by atoms with Crippen molar-refractivity contribution in [2.75, 3.05) is 18.0 Å². The van der Waals surface area contributed by atoms with Crippen molar-refractivity contribution in [2.45, 2.75) is 85.0 Å². The van der Waals surface area contributed by atoms with Crippen molar-refractivity contribution < 1.29 is 19.2 Å². The molecule has 182 valence electrons. The molecule has 0 N–H and O–H groups in total. The van der Waals surface area contributed by atoms with Crippen molar-refractivity contribution in [1.29, 1.82) is 0 Å². The van der Waals surface area contributed by atoms with Crippen LogP contribution in [0.3, 0.4) is 0 Å². The Morgan fingerprint density at radius 2 is 1.09 bits per heavy atom. The lowest BCUT2D eigenvalue weighted by Gasteiger charge is -2.42. The zero-order valence-electron chi connectivity index (χ0n) is 21.0. The fourth-order valence-electron chi connectivity index (χ4n) is 7.21. The van der Waals surface area contributed by atoms with Gasteiger partial charge in [-0.25, -0.2) is 0 Å². The van der Waals surface area contributed by atoms with Crippen LogP contribution in [0.4, 0.5) is 5.69 Å². The monoisotopic (exact) mass is 463 g/mol. The molecule has 4 aliphatic rings. The molecule has 0 bridgehead atoms. The number of hydrogen-bond acceptors (Lipinski definition) is 5. The summed E-state index contributed by atoms with van der Waals surface area (Å²) >= 11 is 0. The maximum absolute atomic E-state index is 13.5. The van der Waals surface area contributed by atoms with E-state index >= 15 is 0 Å². The highest BCUT2D eigenvalue weighted by molar-refractivity contribution is 6.11. The van der Waals surface area contributed by atoms with E-state index in [1.54, 1.807) is 0 Å². The van der Waals surface area contributed by atoms with Crippen molar-refractivity contribution in [3.8, 4) is 0 Å². The average molecular weight is 464 g/mol. The van der Waals surface area contributed by atoms with E-state index < -0.39 is 17.8 Å². The predicted molar refractivity (Wildman–Crippen MR) is 131 cm³/mol. The maximum Gasteiger partial charge on any atom is 0.144 e. The smallest absolute Gasteiger partial charge is 0.144 e. The number of ketones is 4. The zero-order valence-corrected chi connectivity index (χ0v) is 21.0. The number of anilines is 1. The Labute approximate surface area is 202 Å². The minimum Gasteiger partial charge on any atom is -0.371 e. The molecule has 2 fully saturated rings. The van der Waals surface area contributed by atoms with Crippen molar-refractivity contribution in [3.05, 3.63) is 28.8 Å². The largest absolute Gasteiger partial charge is 0.371 e. The van der Waals surface area contributed by atoms with Crippen molar-refractivity contribution in [1.82, 2.24) is 0 Å². The second-order valence-corrected chi connectivity index (χ2v) is 12.8. The molecule has 5 rings (SSSR count). The number of aryl methyl sites for hydroxylation is 2. The first-order chi connectivity index (χ1) is 16.0. The summed E-state index contributed by atoms with van der Waals surface area (Å²) in [6, 6.07) is 4.25. The molecule has 2 aliphatic heterocycles. The molecule has 2 saturated carbocycles. The molecular formula is C29H37NO4. The second kappa shape index (κ2) is 8.13. The summed E-state index contributed by atoms with van der Waals surface area (Å²) in [5, 5.41) is 0. The molecule has 0 atom stereocenters. The summed E-state index contributed by atoms with van der Waals surface area (Å²) in [5.74, 6) is -2.91. The summed E-state index contributed by atoms with van der Waals surface area (Å²) in [6.07, 6.45) is 5.31. The standard InChI is InChI=1S/C29H37NO4/c1-28(2)13-20(31)25(21(32)14-28)24(26-22(33)15-29(3,4)16-23(26)34)19-11-17-7-5-9-30-10-6-8-18(12-19)27(17)30/h11-12,24-26H,5-10,13-16H2,1-4H3. The van der Waals surface area contributed by atoms with Crippen LogP contribution in [0.25, 0.3) is 0 Å². The van der Waals surface area contributed by atoms with Crippen LogP contribution in [0, 0.1) is 22.7 Å². The third-order valence-corrected chi connectivity index (χ3v) is 8.46. The number of carbonyl (C=O) groups excluding carboxylic acids is 4. The van der Waals surface area contributed by atoms with Crippen LogP contribution in [0.2, 0.25) is 0 Å². The van der Waals surface area contributed by atoms with E-state index in [9.17, 15) is 19.2 Å². The van der Waals surface area contributed by atoms with Crippen molar-refractivity contribution >= 4 is 28.8 Å². The van der Waals surface area contributed by atoms with Gasteiger partial charge in [-0.2, -0.15) is 0 Å². The minimum absolute atomic E-state index is 0.107. The lowest BCUT2D eigenvalue weighted by atomic mass is 9.59. The molecule has 5 heteroatoms. The highest BCUT2D eigenvalue weighted by Crippen LogP contribution is 2.48. The lowest BCUT2D eigenvalue weighted by molar-refractivity contribution is -0.145. The maximum atomic E-state index is 13.5. The molecule has 0 aromatic heterocycles. The van der Waals surface area contributed by atoms with Gasteiger partial charge in [0.25, 0.3) is 0 Å². The fraction of sp³-hybridized carbons (Fsp3) is 0.655. The van der Waals surface area contributed by atoms with Crippen molar-refractivity contribution in [3.63, 3.8) is 0 Å². The molecule has 1 aromatic rings. The number of carbonyl (C=O) groups is 4. The van der Waals surface area contributed by atoms with Gasteiger partial charge in [-0.1, -0.05) is 39.8 Å². The quantitative estimate of drug-likeness (QED) is 0.612. The van der Waals surface area contributed by atoms with Gasteiger partial charge in [-0.3, -0.25) is 19.2 Å². The van der Waals surface area contributed by atoms with Crippen LogP contribution in [0.1, 0.15) is 88.8 Å². The molecule has 0 unspecified atom stereocenters. The van der Waals surface area contributed by atoms with Gasteiger partial charge in [-0.15, -0.1) is 0 Å². The Bertz CT molecular complexity index is 963. The zero-order chi connectivity index (χ0) is 24.4. The molecule has 0 radical (unpaired) electrons. The number of nitrogens with zero attached hydrogens (tertiary/aromatic N) is 1. The lowest BCUT2D eigenvalue weighted by Crippen LogP contribution is -2.48. The van der Waals surface area contributed by atoms with Gasteiger partial charge in [0, 0.05) is 50.4 Å². The number of benzene rings is 1. The first-order valence-electron chi connectivity index (χ1n) is 13.0. The van der Waals surface area contributed by atoms with E-state index in [0.29, 0.717) is 25.7 Å². The third kappa shape index (κ3) is 4.05. The number of Topliss-reactive ketones (excluding diaryl/α,β-unsaturated/α-hetero) is 4. The first-order valence-corrected chi connectivity index (χ1v) is 13.0. The summed E-state index contributed by atoms with van der Waals surface area (Å²) in [6.45, 7) is 9.92. The van der Waals surface area contributed by atoms with E-state index in [1.165, 1.54) is 16.8 Å². The molecule has 2 aliphatic carbocycles. The van der Waals surface area contributed by atoms with Gasteiger partial charge in [0.15, 0.2) is 0 Å². The van der Waals surface area contributed by atoms with E-state index in [0.717, 1.165) is 44.3 Å². The Morgan fingerprint density at radius 1 is 0.706 bits per heavy atom. The van der Waals surface area contributed by atoms with Crippen LogP contribution >= 0.6 is 0 Å². The van der Waals surface area contributed by atoms with Crippen LogP contribution in [-0.2, 0) is 32.0 Å². The van der Waals surface area contributed by atoms with Crippen LogP contribution < -0.4 is 4.90 Å².